The van der Waals surface area contributed by atoms with E-state index in [0.29, 0.717) is 17.5 Å². The fourth-order valence-electron chi connectivity index (χ4n) is 10.8. The van der Waals surface area contributed by atoms with Gasteiger partial charge in [-0.05, 0) is 105 Å². The van der Waals surface area contributed by atoms with Crippen molar-refractivity contribution in [2.75, 3.05) is 0 Å². The van der Waals surface area contributed by atoms with Gasteiger partial charge in [0.2, 0.25) is 0 Å². The van der Waals surface area contributed by atoms with Crippen LogP contribution in [0.4, 0.5) is 0 Å². The Morgan fingerprint density at radius 1 is 0.235 bits per heavy atom. The first-order chi connectivity index (χ1) is 33.7. The Hall–Kier alpha value is -9.19. The minimum atomic E-state index is 0.627. The summed E-state index contributed by atoms with van der Waals surface area (Å²) in [5.41, 5.74) is 11.9. The molecular weight excluding hydrogens is 827 g/mol. The molecule has 3 aromatic heterocycles. The first-order valence-corrected chi connectivity index (χ1v) is 23.1. The van der Waals surface area contributed by atoms with Crippen molar-refractivity contribution in [1.82, 2.24) is 24.1 Å². The molecule has 11 aromatic carbocycles. The van der Waals surface area contributed by atoms with Gasteiger partial charge in [0.25, 0.3) is 0 Å². The molecule has 14 rings (SSSR count). The van der Waals surface area contributed by atoms with Gasteiger partial charge in [-0.1, -0.05) is 170 Å². The summed E-state index contributed by atoms with van der Waals surface area (Å²) >= 11 is 0. The van der Waals surface area contributed by atoms with Gasteiger partial charge in [0, 0.05) is 55.0 Å². The van der Waals surface area contributed by atoms with Crippen molar-refractivity contribution < 1.29 is 0 Å². The molecule has 0 amide bonds. The fourth-order valence-corrected chi connectivity index (χ4v) is 10.8. The molecule has 14 aromatic rings. The van der Waals surface area contributed by atoms with Gasteiger partial charge in [-0.3, -0.25) is 0 Å². The Morgan fingerprint density at radius 2 is 0.647 bits per heavy atom. The van der Waals surface area contributed by atoms with Crippen LogP contribution in [0, 0.1) is 0 Å². The number of nitrogens with zero attached hydrogens (tertiary/aromatic N) is 5. The van der Waals surface area contributed by atoms with Gasteiger partial charge >= 0.3 is 0 Å². The largest absolute Gasteiger partial charge is 0.309 e. The fraction of sp³-hybridized carbons (Fsp3) is 0. The molecule has 0 radical (unpaired) electrons. The van der Waals surface area contributed by atoms with Crippen molar-refractivity contribution in [2.24, 2.45) is 0 Å². The van der Waals surface area contributed by atoms with Gasteiger partial charge in [-0.15, -0.1) is 0 Å². The zero-order valence-electron chi connectivity index (χ0n) is 36.8. The van der Waals surface area contributed by atoms with E-state index >= 15 is 0 Å². The molecule has 316 valence electrons. The van der Waals surface area contributed by atoms with Crippen LogP contribution in [0.15, 0.2) is 237 Å². The van der Waals surface area contributed by atoms with Gasteiger partial charge in [0.15, 0.2) is 17.5 Å². The third-order valence-electron chi connectivity index (χ3n) is 13.7. The molecule has 68 heavy (non-hydrogen) atoms. The molecule has 0 aliphatic carbocycles. The molecule has 5 heteroatoms. The summed E-state index contributed by atoms with van der Waals surface area (Å²) in [7, 11) is 0. The second-order valence-corrected chi connectivity index (χ2v) is 17.5. The first kappa shape index (κ1) is 38.1. The van der Waals surface area contributed by atoms with E-state index in [2.05, 4.69) is 209 Å². The molecule has 0 saturated heterocycles. The number of para-hydroxylation sites is 3. The van der Waals surface area contributed by atoms with Crippen molar-refractivity contribution in [3.63, 3.8) is 0 Å². The third-order valence-corrected chi connectivity index (χ3v) is 13.7. The first-order valence-electron chi connectivity index (χ1n) is 23.1. The van der Waals surface area contributed by atoms with Crippen LogP contribution in [0.3, 0.4) is 0 Å². The summed E-state index contributed by atoms with van der Waals surface area (Å²) in [4.78, 5) is 15.8. The van der Waals surface area contributed by atoms with Crippen LogP contribution in [0.5, 0.6) is 0 Å². The lowest BCUT2D eigenvalue weighted by molar-refractivity contribution is 1.08. The maximum absolute atomic E-state index is 5.36. The normalized spacial score (nSPS) is 11.8. The predicted molar refractivity (Wildman–Crippen MR) is 283 cm³/mol. The molecular formula is C63H39N5. The Labute approximate surface area is 391 Å². The Kier molecular flexibility index (Phi) is 8.52. The average Bonchev–Trinajstić information content (AvgIpc) is 3.94. The standard InChI is InChI=1S/C63H39N5/c1-5-19-40(20-6-1)61-64-62(41-21-7-2-8-22-41)66-63(65-61)53-39-43(38-51-48-29-14-13-27-46(48)47-28-15-16-30-49(47)58(51)53)42-33-34-55-52(37-42)60-57(68(55)45-25-11-4-12-26-45)36-35-56-59(60)50-31-17-18-32-54(50)67(56)44-23-9-3-10-24-44/h1-39H. The minimum absolute atomic E-state index is 0.627. The smallest absolute Gasteiger partial charge is 0.164 e. The highest BCUT2D eigenvalue weighted by Crippen LogP contribution is 2.46. The summed E-state index contributed by atoms with van der Waals surface area (Å²) in [6.45, 7) is 0. The molecule has 0 saturated carbocycles. The van der Waals surface area contributed by atoms with E-state index in [4.69, 9.17) is 15.0 Å². The molecule has 3 heterocycles. The lowest BCUT2D eigenvalue weighted by Gasteiger charge is -2.17. The van der Waals surface area contributed by atoms with Gasteiger partial charge in [0.05, 0.1) is 22.1 Å². The second kappa shape index (κ2) is 15.2. The summed E-state index contributed by atoms with van der Waals surface area (Å²) in [5, 5.41) is 11.9. The average molecular weight is 866 g/mol. The number of benzene rings is 11. The van der Waals surface area contributed by atoms with E-state index in [1.807, 2.05) is 36.4 Å². The number of hydrogen-bond acceptors (Lipinski definition) is 3. The van der Waals surface area contributed by atoms with Crippen molar-refractivity contribution in [3.05, 3.63) is 237 Å². The maximum Gasteiger partial charge on any atom is 0.164 e. The van der Waals surface area contributed by atoms with Crippen LogP contribution in [0.2, 0.25) is 0 Å². The van der Waals surface area contributed by atoms with E-state index in [1.54, 1.807) is 0 Å². The van der Waals surface area contributed by atoms with Crippen molar-refractivity contribution >= 4 is 75.9 Å². The van der Waals surface area contributed by atoms with Gasteiger partial charge < -0.3 is 9.13 Å². The molecule has 0 aliphatic heterocycles. The van der Waals surface area contributed by atoms with Gasteiger partial charge in [0.1, 0.15) is 0 Å². The summed E-state index contributed by atoms with van der Waals surface area (Å²) < 4.78 is 4.84. The van der Waals surface area contributed by atoms with E-state index in [1.165, 1.54) is 48.7 Å². The van der Waals surface area contributed by atoms with Crippen LogP contribution in [0.25, 0.3) is 133 Å². The Morgan fingerprint density at radius 3 is 1.24 bits per heavy atom. The van der Waals surface area contributed by atoms with Crippen molar-refractivity contribution in [1.29, 1.82) is 0 Å². The number of aromatic nitrogens is 5. The summed E-state index contributed by atoms with van der Waals surface area (Å²) in [6, 6.07) is 84.6. The monoisotopic (exact) mass is 865 g/mol. The highest BCUT2D eigenvalue weighted by Gasteiger charge is 2.23. The lowest BCUT2D eigenvalue weighted by Crippen LogP contribution is -2.01. The second-order valence-electron chi connectivity index (χ2n) is 17.5. The molecule has 0 aliphatic rings. The lowest BCUT2D eigenvalue weighted by atomic mass is 9.88. The van der Waals surface area contributed by atoms with Crippen molar-refractivity contribution in [3.8, 4) is 56.7 Å². The van der Waals surface area contributed by atoms with Crippen molar-refractivity contribution in [2.45, 2.75) is 0 Å². The number of fused-ring (bicyclic) bond motifs is 13. The van der Waals surface area contributed by atoms with Crippen LogP contribution in [-0.2, 0) is 0 Å². The molecule has 0 bridgehead atoms. The number of rotatable bonds is 6. The zero-order valence-corrected chi connectivity index (χ0v) is 36.8. The van der Waals surface area contributed by atoms with Gasteiger partial charge in [-0.2, -0.15) is 0 Å². The van der Waals surface area contributed by atoms with Gasteiger partial charge in [-0.25, -0.2) is 15.0 Å². The highest BCUT2D eigenvalue weighted by atomic mass is 15.0. The third kappa shape index (κ3) is 5.86. The number of hydrogen-bond donors (Lipinski definition) is 0. The SMILES string of the molecule is c1ccc(-c2nc(-c3ccccc3)nc(-c3cc(-c4ccc5c(c4)c4c6c7ccccc7n(-c7ccccc7)c6ccc4n5-c4ccccc4)cc4c5ccccc5c5ccccc5c34)n2)cc1. The molecule has 0 spiro atoms. The van der Waals surface area contributed by atoms with Crippen LogP contribution >= 0.6 is 0 Å². The quantitative estimate of drug-likeness (QED) is 0.156. The van der Waals surface area contributed by atoms with E-state index in [0.717, 1.165) is 66.4 Å². The molecule has 0 fully saturated rings. The maximum atomic E-state index is 5.36. The summed E-state index contributed by atoms with van der Waals surface area (Å²) in [5.74, 6) is 1.89. The molecule has 0 unspecified atom stereocenters. The minimum Gasteiger partial charge on any atom is -0.309 e. The summed E-state index contributed by atoms with van der Waals surface area (Å²) in [6.07, 6.45) is 0. The Balaban J connectivity index is 1.11. The molecule has 0 atom stereocenters. The predicted octanol–water partition coefficient (Wildman–Crippen LogP) is 16.2. The molecule has 5 nitrogen and oxygen atoms in total. The van der Waals surface area contributed by atoms with E-state index < -0.39 is 0 Å². The topological polar surface area (TPSA) is 48.5 Å². The van der Waals surface area contributed by atoms with E-state index in [9.17, 15) is 0 Å². The zero-order chi connectivity index (χ0) is 44.7. The molecule has 0 N–H and O–H groups in total. The van der Waals surface area contributed by atoms with Crippen LogP contribution in [-0.4, -0.2) is 24.1 Å². The highest BCUT2D eigenvalue weighted by molar-refractivity contribution is 6.31. The van der Waals surface area contributed by atoms with Crippen LogP contribution < -0.4 is 0 Å². The Bertz CT molecular complexity index is 4230. The van der Waals surface area contributed by atoms with E-state index in [-0.39, 0.29) is 0 Å². The van der Waals surface area contributed by atoms with Crippen LogP contribution in [0.1, 0.15) is 0 Å².